The van der Waals surface area contributed by atoms with Crippen LogP contribution in [0.4, 0.5) is 5.13 Å². The molecule has 3 rings (SSSR count). The molecule has 0 bridgehead atoms. The molecule has 0 saturated heterocycles. The van der Waals surface area contributed by atoms with Crippen molar-refractivity contribution in [3.05, 3.63) is 57.7 Å². The van der Waals surface area contributed by atoms with Crippen molar-refractivity contribution >= 4 is 40.5 Å². The molecule has 0 aliphatic carbocycles. The summed E-state index contributed by atoms with van der Waals surface area (Å²) in [4.78, 5) is 4.38. The topological polar surface area (TPSA) is 43.8 Å². The average molecular weight is 354 g/mol. The third-order valence-electron chi connectivity index (χ3n) is 3.66. The highest BCUT2D eigenvalue weighted by Gasteiger charge is 2.14. The van der Waals surface area contributed by atoms with Gasteiger partial charge in [-0.2, -0.15) is 0 Å². The van der Waals surface area contributed by atoms with E-state index in [4.69, 9.17) is 17.3 Å². The molecule has 0 aliphatic heterocycles. The molecule has 0 fully saturated rings. The highest BCUT2D eigenvalue weighted by atomic mass is 35.5. The van der Waals surface area contributed by atoms with Gasteiger partial charge in [0, 0.05) is 33.9 Å². The van der Waals surface area contributed by atoms with Crippen LogP contribution in [0.5, 0.6) is 0 Å². The van der Waals surface area contributed by atoms with Crippen LogP contribution in [0.25, 0.3) is 11.3 Å². The second kappa shape index (κ2) is 6.73. The van der Waals surface area contributed by atoms with E-state index < -0.39 is 0 Å². The van der Waals surface area contributed by atoms with Gasteiger partial charge in [0.15, 0.2) is 5.13 Å². The van der Waals surface area contributed by atoms with Crippen molar-refractivity contribution in [2.24, 2.45) is 0 Å². The van der Waals surface area contributed by atoms with Gasteiger partial charge < -0.3 is 10.3 Å². The normalized spacial score (nSPS) is 10.5. The lowest BCUT2D eigenvalue weighted by Crippen LogP contribution is -2.04. The van der Waals surface area contributed by atoms with E-state index in [2.05, 4.69) is 35.5 Å². The molecule has 0 unspecified atom stereocenters. The molecule has 2 N–H and O–H groups in total. The van der Waals surface area contributed by atoms with Crippen LogP contribution in [0.1, 0.15) is 17.0 Å². The maximum Gasteiger partial charge on any atom is 0.180 e. The van der Waals surface area contributed by atoms with Gasteiger partial charge in [-0.3, -0.25) is 0 Å². The molecule has 1 aromatic carbocycles. The zero-order valence-electron chi connectivity index (χ0n) is 12.3. The summed E-state index contributed by atoms with van der Waals surface area (Å²) in [7, 11) is 0. The Kier molecular flexibility index (Phi) is 5.16. The number of hydrogen-bond acceptors (Lipinski definition) is 3. The molecule has 116 valence electrons. The van der Waals surface area contributed by atoms with Gasteiger partial charge in [0.25, 0.3) is 0 Å². The molecular formula is C16H17Cl2N3S. The fourth-order valence-electron chi connectivity index (χ4n) is 2.51. The Morgan fingerprint density at radius 1 is 1.27 bits per heavy atom. The van der Waals surface area contributed by atoms with E-state index in [0.29, 0.717) is 5.13 Å². The number of nitrogens with zero attached hydrogens (tertiary/aromatic N) is 2. The third-order valence-corrected chi connectivity index (χ3v) is 4.70. The fourth-order valence-corrected chi connectivity index (χ4v) is 3.27. The Bertz CT molecular complexity index is 793. The van der Waals surface area contributed by atoms with Gasteiger partial charge in [-0.05, 0) is 31.5 Å². The Morgan fingerprint density at radius 3 is 2.64 bits per heavy atom. The van der Waals surface area contributed by atoms with E-state index in [1.54, 1.807) is 0 Å². The summed E-state index contributed by atoms with van der Waals surface area (Å²) in [6, 6.07) is 10.1. The summed E-state index contributed by atoms with van der Waals surface area (Å²) < 4.78 is 2.26. The highest BCUT2D eigenvalue weighted by molar-refractivity contribution is 7.13. The molecule has 3 aromatic rings. The van der Waals surface area contributed by atoms with E-state index in [9.17, 15) is 0 Å². The zero-order chi connectivity index (χ0) is 15.0. The van der Waals surface area contributed by atoms with Crippen molar-refractivity contribution in [1.29, 1.82) is 0 Å². The summed E-state index contributed by atoms with van der Waals surface area (Å²) in [6.07, 6.45) is 0. The predicted molar refractivity (Wildman–Crippen MR) is 97.2 cm³/mol. The molecule has 2 heterocycles. The molecule has 0 atom stereocenters. The van der Waals surface area contributed by atoms with Crippen LogP contribution in [0.2, 0.25) is 5.02 Å². The Hall–Kier alpha value is -1.49. The van der Waals surface area contributed by atoms with E-state index in [-0.39, 0.29) is 12.4 Å². The maximum absolute atomic E-state index is 6.27. The molecule has 0 aliphatic rings. The number of hydrogen-bond donors (Lipinski definition) is 1. The number of nitrogens with two attached hydrogens (primary N) is 1. The predicted octanol–water partition coefficient (Wildman–Crippen LogP) is 4.93. The average Bonchev–Trinajstić information content (AvgIpc) is 2.99. The van der Waals surface area contributed by atoms with Gasteiger partial charge >= 0.3 is 0 Å². The Labute approximate surface area is 145 Å². The number of aromatic nitrogens is 2. The number of benzene rings is 1. The lowest BCUT2D eigenvalue weighted by molar-refractivity contribution is 0.750. The van der Waals surface area contributed by atoms with Crippen molar-refractivity contribution in [3.63, 3.8) is 0 Å². The lowest BCUT2D eigenvalue weighted by atomic mass is 10.2. The first-order valence-electron chi connectivity index (χ1n) is 6.68. The minimum atomic E-state index is 0. The SMILES string of the molecule is Cc1cc(-c2csc(N)n2)c(C)n1Cc1ccccc1Cl.Cl. The number of anilines is 1. The van der Waals surface area contributed by atoms with Gasteiger partial charge in [-0.1, -0.05) is 29.8 Å². The van der Waals surface area contributed by atoms with Crippen LogP contribution in [-0.2, 0) is 6.54 Å². The van der Waals surface area contributed by atoms with Crippen molar-refractivity contribution in [2.45, 2.75) is 20.4 Å². The minimum absolute atomic E-state index is 0. The first-order valence-corrected chi connectivity index (χ1v) is 7.93. The number of aryl methyl sites for hydroxylation is 1. The van der Waals surface area contributed by atoms with Crippen LogP contribution in [0.3, 0.4) is 0 Å². The summed E-state index contributed by atoms with van der Waals surface area (Å²) in [5.41, 5.74) is 11.3. The van der Waals surface area contributed by atoms with Crippen LogP contribution in [0.15, 0.2) is 35.7 Å². The quantitative estimate of drug-likeness (QED) is 0.724. The van der Waals surface area contributed by atoms with Crippen LogP contribution < -0.4 is 5.73 Å². The Morgan fingerprint density at radius 2 is 2.00 bits per heavy atom. The molecular weight excluding hydrogens is 337 g/mol. The minimum Gasteiger partial charge on any atom is -0.375 e. The molecule has 0 spiro atoms. The van der Waals surface area contributed by atoms with Crippen LogP contribution >= 0.6 is 35.3 Å². The van der Waals surface area contributed by atoms with Crippen LogP contribution in [-0.4, -0.2) is 9.55 Å². The van der Waals surface area contributed by atoms with Gasteiger partial charge in [0.1, 0.15) is 0 Å². The first kappa shape index (κ1) is 16.9. The van der Waals surface area contributed by atoms with E-state index in [0.717, 1.165) is 28.4 Å². The van der Waals surface area contributed by atoms with Crippen molar-refractivity contribution in [1.82, 2.24) is 9.55 Å². The molecule has 2 aromatic heterocycles. The van der Waals surface area contributed by atoms with Crippen molar-refractivity contribution < 1.29 is 0 Å². The smallest absolute Gasteiger partial charge is 0.180 e. The fraction of sp³-hybridized carbons (Fsp3) is 0.188. The van der Waals surface area contributed by atoms with Gasteiger partial charge in [0.2, 0.25) is 0 Å². The van der Waals surface area contributed by atoms with Gasteiger partial charge in [-0.25, -0.2) is 4.98 Å². The molecule has 0 radical (unpaired) electrons. The lowest BCUT2D eigenvalue weighted by Gasteiger charge is -2.11. The van der Waals surface area contributed by atoms with E-state index in [1.807, 2.05) is 23.6 Å². The summed E-state index contributed by atoms with van der Waals surface area (Å²) >= 11 is 7.73. The maximum atomic E-state index is 6.27. The number of rotatable bonds is 3. The van der Waals surface area contributed by atoms with E-state index >= 15 is 0 Å². The largest absolute Gasteiger partial charge is 0.375 e. The van der Waals surface area contributed by atoms with Crippen LogP contribution in [0, 0.1) is 13.8 Å². The van der Waals surface area contributed by atoms with Crippen molar-refractivity contribution in [3.8, 4) is 11.3 Å². The second-order valence-corrected chi connectivity index (χ2v) is 6.33. The van der Waals surface area contributed by atoms with Gasteiger partial charge in [-0.15, -0.1) is 23.7 Å². The third kappa shape index (κ3) is 3.14. The first-order chi connectivity index (χ1) is 10.1. The molecule has 3 nitrogen and oxygen atoms in total. The Balaban J connectivity index is 0.00000176. The van der Waals surface area contributed by atoms with Crippen molar-refractivity contribution in [2.75, 3.05) is 5.73 Å². The summed E-state index contributed by atoms with van der Waals surface area (Å²) in [6.45, 7) is 4.97. The number of halogens is 2. The van der Waals surface area contributed by atoms with E-state index in [1.165, 1.54) is 22.7 Å². The highest BCUT2D eigenvalue weighted by Crippen LogP contribution is 2.30. The number of nitrogen functional groups attached to an aromatic ring is 1. The summed E-state index contributed by atoms with van der Waals surface area (Å²) in [5, 5.41) is 3.39. The summed E-state index contributed by atoms with van der Waals surface area (Å²) in [5.74, 6) is 0. The second-order valence-electron chi connectivity index (χ2n) is 5.03. The monoisotopic (exact) mass is 353 g/mol. The zero-order valence-corrected chi connectivity index (χ0v) is 14.7. The standard InChI is InChI=1S/C16H16ClN3S.ClH/c1-10-7-13(15-9-21-16(18)19-15)11(2)20(10)8-12-5-3-4-6-14(12)17;/h3-7,9H,8H2,1-2H3,(H2,18,19);1H. The number of thiazole rings is 1. The van der Waals surface area contributed by atoms with Gasteiger partial charge in [0.05, 0.1) is 5.69 Å². The molecule has 0 amide bonds. The molecule has 6 heteroatoms. The molecule has 22 heavy (non-hydrogen) atoms. The molecule has 0 saturated carbocycles.